The van der Waals surface area contributed by atoms with Crippen molar-refractivity contribution in [1.82, 2.24) is 0 Å². The Labute approximate surface area is 58.0 Å². The summed E-state index contributed by atoms with van der Waals surface area (Å²) in [6.07, 6.45) is 0. The van der Waals surface area contributed by atoms with E-state index in [2.05, 4.69) is 20.8 Å². The molecule has 0 saturated heterocycles. The maximum Gasteiger partial charge on any atom is 0.204 e. The lowest BCUT2D eigenvalue weighted by atomic mass is 10.9. The average molecular weight is 149 g/mol. The molecule has 0 aromatic heterocycles. The molecule has 0 unspecified atom stereocenters. The average Bonchev–Trinajstić information content (AvgIpc) is 1.87. The van der Waals surface area contributed by atoms with E-state index in [-0.39, 0.29) is 0 Å². The van der Waals surface area contributed by atoms with E-state index in [4.69, 9.17) is 11.1 Å². The van der Waals surface area contributed by atoms with Gasteiger partial charge in [-0.15, -0.1) is 0 Å². The minimum absolute atomic E-state index is 0.911. The van der Waals surface area contributed by atoms with Crippen LogP contribution < -0.4 is 0 Å². The summed E-state index contributed by atoms with van der Waals surface area (Å²) >= 11 is 6.11. The molecule has 0 aliphatic rings. The molecule has 0 heterocycles. The van der Waals surface area contributed by atoms with E-state index in [1.807, 2.05) is 0 Å². The summed E-state index contributed by atoms with van der Waals surface area (Å²) in [4.78, 5) is 0. The van der Waals surface area contributed by atoms with E-state index in [9.17, 15) is 0 Å². The van der Waals surface area contributed by atoms with Gasteiger partial charge in [0.15, 0.2) is 0 Å². The molecule has 0 bridgehead atoms. The summed E-state index contributed by atoms with van der Waals surface area (Å²) in [6.45, 7) is 9.70. The van der Waals surface area contributed by atoms with Gasteiger partial charge in [-0.25, -0.2) is 0 Å². The van der Waals surface area contributed by atoms with E-state index >= 15 is 0 Å². The molecule has 2 heteroatoms. The third kappa shape index (κ3) is 2.10. The van der Waals surface area contributed by atoms with Gasteiger partial charge in [0.25, 0.3) is 0 Å². The molecule has 0 aromatic carbocycles. The predicted molar refractivity (Wildman–Crippen MR) is 42.4 cm³/mol. The quantitative estimate of drug-likeness (QED) is 0.328. The molecule has 0 amide bonds. The lowest BCUT2D eigenvalue weighted by Crippen LogP contribution is -2.22. The first-order valence-electron chi connectivity index (χ1n) is 2.96. The van der Waals surface area contributed by atoms with Crippen molar-refractivity contribution in [2.24, 2.45) is 0 Å². The van der Waals surface area contributed by atoms with Crippen molar-refractivity contribution in [2.75, 3.05) is 0 Å². The number of hydrogen-bond acceptors (Lipinski definition) is 0. The molecule has 0 saturated carbocycles. The second-order valence-electron chi connectivity index (χ2n) is 2.00. The summed E-state index contributed by atoms with van der Waals surface area (Å²) in [7, 11) is -1.42. The van der Waals surface area contributed by atoms with Crippen LogP contribution in [-0.2, 0) is 0 Å². The summed E-state index contributed by atoms with van der Waals surface area (Å²) in [5.41, 5.74) is 0. The largest absolute Gasteiger partial charge is 0.204 e. The van der Waals surface area contributed by atoms with Gasteiger partial charge in [0.2, 0.25) is 7.38 Å². The van der Waals surface area contributed by atoms with Gasteiger partial charge in [-0.3, -0.25) is 0 Å². The van der Waals surface area contributed by atoms with Crippen LogP contribution in [0.25, 0.3) is 0 Å². The molecule has 0 rings (SSSR count). The lowest BCUT2D eigenvalue weighted by Gasteiger charge is -2.12. The molecule has 0 aliphatic heterocycles. The molecule has 0 spiro atoms. The van der Waals surface area contributed by atoms with Gasteiger partial charge in [0.1, 0.15) is 0 Å². The van der Waals surface area contributed by atoms with Gasteiger partial charge in [0.05, 0.1) is 13.0 Å². The second-order valence-corrected chi connectivity index (χ2v) is 8.42. The van der Waals surface area contributed by atoms with Crippen LogP contribution in [0.15, 0.2) is 0 Å². The molecule has 0 nitrogen and oxygen atoms in total. The van der Waals surface area contributed by atoms with E-state index in [1.165, 1.54) is 0 Å². The SMILES string of the molecule is [CH2]C[Si](Cl)(C[CH2+])CC. The van der Waals surface area contributed by atoms with Gasteiger partial charge in [-0.1, -0.05) is 13.8 Å². The smallest absolute Gasteiger partial charge is 0.162 e. The van der Waals surface area contributed by atoms with Crippen molar-refractivity contribution >= 4 is 18.5 Å². The Bertz CT molecular complexity index is 51.3. The molecule has 8 heavy (non-hydrogen) atoms. The van der Waals surface area contributed by atoms with Gasteiger partial charge in [-0.2, -0.15) is 11.1 Å². The Hall–Kier alpha value is 0.377. The monoisotopic (exact) mass is 148 g/mol. The molecule has 1 radical (unpaired) electrons. The van der Waals surface area contributed by atoms with Crippen LogP contribution in [-0.4, -0.2) is 7.38 Å². The molecule has 0 aliphatic carbocycles. The van der Waals surface area contributed by atoms with Crippen LogP contribution in [0, 0.1) is 13.8 Å². The second kappa shape index (κ2) is 3.41. The predicted octanol–water partition coefficient (Wildman–Crippen LogP) is 2.86. The van der Waals surface area contributed by atoms with Crippen molar-refractivity contribution < 1.29 is 0 Å². The van der Waals surface area contributed by atoms with Gasteiger partial charge >= 0.3 is 0 Å². The highest BCUT2D eigenvalue weighted by Crippen LogP contribution is 2.23. The zero-order valence-electron chi connectivity index (χ0n) is 5.41. The Morgan fingerprint density at radius 2 is 2.25 bits per heavy atom. The van der Waals surface area contributed by atoms with Crippen molar-refractivity contribution in [3.05, 3.63) is 13.8 Å². The summed E-state index contributed by atoms with van der Waals surface area (Å²) in [5.74, 6) is 0. The summed E-state index contributed by atoms with van der Waals surface area (Å²) in [6, 6.07) is 2.92. The Balaban J connectivity index is 3.58. The minimum atomic E-state index is -1.42. The summed E-state index contributed by atoms with van der Waals surface area (Å²) < 4.78 is 0. The Morgan fingerprint density at radius 3 is 2.25 bits per heavy atom. The fraction of sp³-hybridized carbons (Fsp3) is 0.667. The van der Waals surface area contributed by atoms with Crippen LogP contribution in [0.2, 0.25) is 18.1 Å². The lowest BCUT2D eigenvalue weighted by molar-refractivity contribution is 1.32. The van der Waals surface area contributed by atoms with Gasteiger partial charge in [0, 0.05) is 0 Å². The van der Waals surface area contributed by atoms with Crippen LogP contribution in [0.3, 0.4) is 0 Å². The zero-order valence-corrected chi connectivity index (χ0v) is 7.17. The van der Waals surface area contributed by atoms with Crippen molar-refractivity contribution in [3.8, 4) is 0 Å². The molecular weight excluding hydrogens is 136 g/mol. The highest BCUT2D eigenvalue weighted by atomic mass is 35.6. The number of rotatable bonds is 3. The Morgan fingerprint density at radius 1 is 1.75 bits per heavy atom. The van der Waals surface area contributed by atoms with E-state index in [0.29, 0.717) is 0 Å². The first-order valence-corrected chi connectivity index (χ1v) is 6.59. The Kier molecular flexibility index (Phi) is 3.57. The topological polar surface area (TPSA) is 0 Å². The zero-order chi connectivity index (χ0) is 6.62. The van der Waals surface area contributed by atoms with Crippen molar-refractivity contribution in [3.63, 3.8) is 0 Å². The van der Waals surface area contributed by atoms with Crippen LogP contribution in [0.5, 0.6) is 0 Å². The van der Waals surface area contributed by atoms with Crippen LogP contribution in [0.1, 0.15) is 6.92 Å². The van der Waals surface area contributed by atoms with Crippen molar-refractivity contribution in [1.29, 1.82) is 0 Å². The molecular formula is C6H13ClSi+. The fourth-order valence-corrected chi connectivity index (χ4v) is 1.44. The van der Waals surface area contributed by atoms with Crippen LogP contribution in [0.4, 0.5) is 0 Å². The molecule has 0 aromatic rings. The first-order chi connectivity index (χ1) is 3.68. The highest BCUT2D eigenvalue weighted by molar-refractivity contribution is 7.20. The fourth-order valence-electron chi connectivity index (χ4n) is 0.479. The van der Waals surface area contributed by atoms with Gasteiger partial charge < -0.3 is 0 Å². The third-order valence-corrected chi connectivity index (χ3v) is 6.52. The normalized spacial score (nSPS) is 11.9. The molecule has 0 N–H and O–H groups in total. The van der Waals surface area contributed by atoms with E-state index < -0.39 is 7.38 Å². The van der Waals surface area contributed by atoms with E-state index in [0.717, 1.165) is 18.1 Å². The molecule has 47 valence electrons. The molecule has 0 fully saturated rings. The van der Waals surface area contributed by atoms with Crippen molar-refractivity contribution in [2.45, 2.75) is 25.1 Å². The van der Waals surface area contributed by atoms with Crippen LogP contribution >= 0.6 is 11.1 Å². The maximum atomic E-state index is 6.11. The molecule has 0 atom stereocenters. The maximum absolute atomic E-state index is 6.11. The third-order valence-electron chi connectivity index (χ3n) is 1.53. The van der Waals surface area contributed by atoms with E-state index in [1.54, 1.807) is 0 Å². The summed E-state index contributed by atoms with van der Waals surface area (Å²) in [5, 5.41) is 0. The standard InChI is InChI=1S/C6H13ClSi/c1-4-8(7,5-2)6-3/h1-2,4-6H2,3H3/q+1. The minimum Gasteiger partial charge on any atom is -0.162 e. The van der Waals surface area contributed by atoms with Gasteiger partial charge in [-0.05, 0) is 12.1 Å². The number of hydrogen-bond donors (Lipinski definition) is 0. The highest BCUT2D eigenvalue weighted by Gasteiger charge is 2.27. The first kappa shape index (κ1) is 8.38. The number of halogens is 1.